The van der Waals surface area contributed by atoms with Gasteiger partial charge >= 0.3 is 5.97 Å². The molecular formula is C9H8F3NO3. The molecule has 0 saturated heterocycles. The Balaban J connectivity index is 3.31. The fourth-order valence-corrected chi connectivity index (χ4v) is 1.08. The summed E-state index contributed by atoms with van der Waals surface area (Å²) >= 11 is 0. The van der Waals surface area contributed by atoms with Gasteiger partial charge in [-0.1, -0.05) is 0 Å². The van der Waals surface area contributed by atoms with Gasteiger partial charge in [-0.3, -0.25) is 0 Å². The molecule has 0 fully saturated rings. The second-order valence-corrected chi connectivity index (χ2v) is 2.75. The van der Waals surface area contributed by atoms with Gasteiger partial charge in [0.1, 0.15) is 5.56 Å². The van der Waals surface area contributed by atoms with Gasteiger partial charge in [0.25, 0.3) is 12.4 Å². The summed E-state index contributed by atoms with van der Waals surface area (Å²) in [6, 6.07) is 0. The summed E-state index contributed by atoms with van der Waals surface area (Å²) in [7, 11) is 0. The first-order chi connectivity index (χ1) is 7.49. The van der Waals surface area contributed by atoms with E-state index in [0.717, 1.165) is 0 Å². The van der Waals surface area contributed by atoms with Crippen LogP contribution < -0.4 is 0 Å². The lowest BCUT2D eigenvalue weighted by atomic mass is 10.1. The molecule has 1 heterocycles. The van der Waals surface area contributed by atoms with E-state index in [1.54, 1.807) is 0 Å². The predicted octanol–water partition coefficient (Wildman–Crippen LogP) is 2.04. The van der Waals surface area contributed by atoms with E-state index in [2.05, 4.69) is 9.72 Å². The number of aromatic nitrogens is 1. The molecule has 0 amide bonds. The van der Waals surface area contributed by atoms with Crippen LogP contribution in [-0.4, -0.2) is 22.7 Å². The molecule has 0 aliphatic carbocycles. The molecule has 1 aromatic rings. The molecule has 16 heavy (non-hydrogen) atoms. The van der Waals surface area contributed by atoms with Crippen molar-refractivity contribution in [2.75, 3.05) is 6.61 Å². The molecule has 0 bridgehead atoms. The van der Waals surface area contributed by atoms with Gasteiger partial charge in [-0.25, -0.2) is 18.6 Å². The summed E-state index contributed by atoms with van der Waals surface area (Å²) in [5.41, 5.74) is -1.75. The highest BCUT2D eigenvalue weighted by atomic mass is 19.3. The first-order valence-electron chi connectivity index (χ1n) is 4.31. The van der Waals surface area contributed by atoms with Crippen LogP contribution in [0, 0.1) is 5.95 Å². The lowest BCUT2D eigenvalue weighted by molar-refractivity contribution is 0.0509. The maximum absolute atomic E-state index is 12.8. The maximum Gasteiger partial charge on any atom is 0.342 e. The highest BCUT2D eigenvalue weighted by Gasteiger charge is 2.26. The Morgan fingerprint density at radius 3 is 2.75 bits per heavy atom. The topological polar surface area (TPSA) is 59.4 Å². The van der Waals surface area contributed by atoms with Crippen LogP contribution in [0.15, 0.2) is 6.20 Å². The van der Waals surface area contributed by atoms with Gasteiger partial charge in [0.2, 0.25) is 0 Å². The Morgan fingerprint density at radius 1 is 1.62 bits per heavy atom. The van der Waals surface area contributed by atoms with E-state index in [1.165, 1.54) is 6.92 Å². The molecule has 0 spiro atoms. The van der Waals surface area contributed by atoms with E-state index in [-0.39, 0.29) is 6.61 Å². The average Bonchev–Trinajstić information content (AvgIpc) is 2.21. The lowest BCUT2D eigenvalue weighted by Gasteiger charge is -2.09. The molecule has 0 unspecified atom stereocenters. The summed E-state index contributed by atoms with van der Waals surface area (Å²) in [6.07, 6.45) is -2.56. The Bertz CT molecular complexity index is 409. The number of alkyl halides is 2. The monoisotopic (exact) mass is 235 g/mol. The molecule has 0 radical (unpaired) electrons. The molecule has 7 heteroatoms. The molecule has 0 aromatic carbocycles. The molecule has 1 N–H and O–H groups in total. The van der Waals surface area contributed by atoms with Crippen molar-refractivity contribution < 1.29 is 27.8 Å². The van der Waals surface area contributed by atoms with Crippen LogP contribution in [0.5, 0.6) is 5.75 Å². The van der Waals surface area contributed by atoms with Crippen LogP contribution >= 0.6 is 0 Å². The zero-order valence-electron chi connectivity index (χ0n) is 8.21. The number of hydrogen-bond acceptors (Lipinski definition) is 4. The van der Waals surface area contributed by atoms with Crippen molar-refractivity contribution in [1.29, 1.82) is 0 Å². The number of pyridine rings is 1. The number of carbonyl (C=O) groups is 1. The fraction of sp³-hybridized carbons (Fsp3) is 0.333. The standard InChI is InChI=1S/C9H8F3NO3/c1-2-16-9(15)5-4(7(10)11)3-13-8(12)6(5)14/h3,7,14H,2H2,1H3. The predicted molar refractivity (Wildman–Crippen MR) is 46.8 cm³/mol. The third kappa shape index (κ3) is 2.23. The van der Waals surface area contributed by atoms with Crippen LogP contribution in [0.4, 0.5) is 13.2 Å². The minimum atomic E-state index is -3.06. The molecule has 88 valence electrons. The van der Waals surface area contributed by atoms with Gasteiger partial charge < -0.3 is 9.84 Å². The van der Waals surface area contributed by atoms with Crippen molar-refractivity contribution in [3.8, 4) is 5.75 Å². The molecular weight excluding hydrogens is 227 g/mol. The van der Waals surface area contributed by atoms with Gasteiger partial charge in [-0.15, -0.1) is 0 Å². The SMILES string of the molecule is CCOC(=O)c1c(C(F)F)cnc(F)c1O. The summed E-state index contributed by atoms with van der Waals surface area (Å²) in [6.45, 7) is 1.37. The third-order valence-corrected chi connectivity index (χ3v) is 1.75. The van der Waals surface area contributed by atoms with Gasteiger partial charge in [0, 0.05) is 6.20 Å². The normalized spacial score (nSPS) is 10.6. The lowest BCUT2D eigenvalue weighted by Crippen LogP contribution is -2.10. The van der Waals surface area contributed by atoms with Gasteiger partial charge in [0.05, 0.1) is 12.2 Å². The van der Waals surface area contributed by atoms with Crippen LogP contribution in [0.1, 0.15) is 29.3 Å². The first kappa shape index (κ1) is 12.3. The van der Waals surface area contributed by atoms with E-state index in [0.29, 0.717) is 6.20 Å². The zero-order chi connectivity index (χ0) is 12.3. The third-order valence-electron chi connectivity index (χ3n) is 1.75. The molecule has 0 aliphatic rings. The number of hydrogen-bond donors (Lipinski definition) is 1. The van der Waals surface area contributed by atoms with Crippen molar-refractivity contribution in [2.24, 2.45) is 0 Å². The average molecular weight is 235 g/mol. The Kier molecular flexibility index (Phi) is 3.70. The van der Waals surface area contributed by atoms with E-state index in [1.807, 2.05) is 0 Å². The van der Waals surface area contributed by atoms with Crippen molar-refractivity contribution in [3.63, 3.8) is 0 Å². The van der Waals surface area contributed by atoms with Gasteiger partial charge in [-0.05, 0) is 6.92 Å². The highest BCUT2D eigenvalue weighted by molar-refractivity contribution is 5.94. The number of rotatable bonds is 3. The van der Waals surface area contributed by atoms with E-state index in [9.17, 15) is 18.0 Å². The fourth-order valence-electron chi connectivity index (χ4n) is 1.08. The number of ether oxygens (including phenoxy) is 1. The molecule has 1 rings (SSSR count). The second-order valence-electron chi connectivity index (χ2n) is 2.75. The van der Waals surface area contributed by atoms with E-state index in [4.69, 9.17) is 5.11 Å². The van der Waals surface area contributed by atoms with Crippen molar-refractivity contribution >= 4 is 5.97 Å². The van der Waals surface area contributed by atoms with Crippen LogP contribution in [-0.2, 0) is 4.74 Å². The molecule has 4 nitrogen and oxygen atoms in total. The highest BCUT2D eigenvalue weighted by Crippen LogP contribution is 2.30. The maximum atomic E-state index is 12.8. The van der Waals surface area contributed by atoms with Gasteiger partial charge in [0.15, 0.2) is 5.75 Å². The molecule has 0 aliphatic heterocycles. The summed E-state index contributed by atoms with van der Waals surface area (Å²) in [5.74, 6) is -3.83. The minimum Gasteiger partial charge on any atom is -0.503 e. The Morgan fingerprint density at radius 2 is 2.25 bits per heavy atom. The number of carbonyl (C=O) groups excluding carboxylic acids is 1. The number of halogens is 3. The van der Waals surface area contributed by atoms with Crippen molar-refractivity contribution in [3.05, 3.63) is 23.3 Å². The molecule has 1 aromatic heterocycles. The Labute approximate surface area is 88.7 Å². The summed E-state index contributed by atoms with van der Waals surface area (Å²) in [5, 5.41) is 9.15. The van der Waals surface area contributed by atoms with Crippen LogP contribution in [0.2, 0.25) is 0 Å². The van der Waals surface area contributed by atoms with E-state index < -0.39 is 35.2 Å². The number of esters is 1. The van der Waals surface area contributed by atoms with Gasteiger partial charge in [-0.2, -0.15) is 4.39 Å². The van der Waals surface area contributed by atoms with Crippen LogP contribution in [0.25, 0.3) is 0 Å². The van der Waals surface area contributed by atoms with E-state index >= 15 is 0 Å². The summed E-state index contributed by atoms with van der Waals surface area (Å²) < 4.78 is 42.2. The number of aromatic hydroxyl groups is 1. The van der Waals surface area contributed by atoms with Crippen molar-refractivity contribution in [1.82, 2.24) is 4.98 Å². The largest absolute Gasteiger partial charge is 0.503 e. The number of nitrogens with zero attached hydrogens (tertiary/aromatic N) is 1. The van der Waals surface area contributed by atoms with Crippen molar-refractivity contribution in [2.45, 2.75) is 13.3 Å². The minimum absolute atomic E-state index is 0.0785. The van der Waals surface area contributed by atoms with Crippen LogP contribution in [0.3, 0.4) is 0 Å². The molecule has 0 saturated carbocycles. The molecule has 0 atom stereocenters. The first-order valence-corrected chi connectivity index (χ1v) is 4.31. The smallest absolute Gasteiger partial charge is 0.342 e. The summed E-state index contributed by atoms with van der Waals surface area (Å²) in [4.78, 5) is 14.1. The second kappa shape index (κ2) is 4.82. The zero-order valence-corrected chi connectivity index (χ0v) is 8.21. The quantitative estimate of drug-likeness (QED) is 0.643. The Hall–Kier alpha value is -1.79.